The summed E-state index contributed by atoms with van der Waals surface area (Å²) in [6.07, 6.45) is 0. The van der Waals surface area contributed by atoms with Crippen LogP contribution in [-0.4, -0.2) is 43.4 Å². The minimum atomic E-state index is -3.70. The van der Waals surface area contributed by atoms with Crippen molar-refractivity contribution >= 4 is 21.9 Å². The van der Waals surface area contributed by atoms with Gasteiger partial charge in [-0.2, -0.15) is 0 Å². The van der Waals surface area contributed by atoms with E-state index in [2.05, 4.69) is 0 Å². The molecule has 1 aromatic carbocycles. The molecule has 3 N–H and O–H groups in total. The summed E-state index contributed by atoms with van der Waals surface area (Å²) in [4.78, 5) is 24.5. The Labute approximate surface area is 129 Å². The van der Waals surface area contributed by atoms with Crippen LogP contribution in [0, 0.1) is 5.92 Å². The number of carbonyl (C=O) groups excluding carboxylic acids is 1. The first-order chi connectivity index (χ1) is 10.1. The van der Waals surface area contributed by atoms with Crippen LogP contribution in [0.5, 0.6) is 0 Å². The number of primary sulfonamides is 1. The Morgan fingerprint density at radius 2 is 1.95 bits per heavy atom. The number of nitrogens with two attached hydrogens (primary N) is 1. The van der Waals surface area contributed by atoms with E-state index in [0.29, 0.717) is 12.1 Å². The van der Waals surface area contributed by atoms with Crippen LogP contribution in [0.2, 0.25) is 0 Å². The van der Waals surface area contributed by atoms with Crippen molar-refractivity contribution in [2.45, 2.75) is 19.6 Å². The van der Waals surface area contributed by atoms with Crippen molar-refractivity contribution in [2.24, 2.45) is 11.1 Å². The number of carbonyl (C=O) groups is 2. The van der Waals surface area contributed by atoms with E-state index in [4.69, 9.17) is 10.2 Å². The lowest BCUT2D eigenvalue weighted by molar-refractivity contribution is -0.137. The van der Waals surface area contributed by atoms with Crippen LogP contribution in [0.15, 0.2) is 24.3 Å². The second-order valence-electron chi connectivity index (χ2n) is 5.48. The van der Waals surface area contributed by atoms with Gasteiger partial charge >= 0.3 is 5.97 Å². The summed E-state index contributed by atoms with van der Waals surface area (Å²) in [7, 11) is -3.70. The molecule has 1 rings (SSSR count). The fraction of sp³-hybridized carbons (Fsp3) is 0.429. The number of carboxylic acid groups (broad SMARTS) is 1. The first-order valence-corrected chi connectivity index (χ1v) is 8.40. The highest BCUT2D eigenvalue weighted by Crippen LogP contribution is 2.12. The Morgan fingerprint density at radius 3 is 2.45 bits per heavy atom. The minimum absolute atomic E-state index is 0.107. The molecule has 7 nitrogen and oxygen atoms in total. The summed E-state index contributed by atoms with van der Waals surface area (Å²) in [5.41, 5.74) is 0.622. The van der Waals surface area contributed by atoms with E-state index in [1.165, 1.54) is 17.0 Å². The van der Waals surface area contributed by atoms with Gasteiger partial charge in [-0.1, -0.05) is 26.0 Å². The molecule has 0 aliphatic rings. The molecular formula is C14H20N2O5S. The van der Waals surface area contributed by atoms with Crippen LogP contribution in [0.25, 0.3) is 0 Å². The molecule has 0 atom stereocenters. The number of hydrogen-bond donors (Lipinski definition) is 2. The predicted octanol–water partition coefficient (Wildman–Crippen LogP) is 0.658. The molecular weight excluding hydrogens is 308 g/mol. The standard InChI is InChI=1S/C14H20N2O5S/c1-10(2)7-16(8-13(17)18)14(19)12-5-3-4-11(6-12)9-22(15,20)21/h3-6,10H,7-9H2,1-2H3,(H,17,18)(H2,15,20,21). The van der Waals surface area contributed by atoms with Gasteiger partial charge in [-0.3, -0.25) is 9.59 Å². The van der Waals surface area contributed by atoms with Crippen molar-refractivity contribution < 1.29 is 23.1 Å². The fourth-order valence-electron chi connectivity index (χ4n) is 2.03. The number of nitrogens with zero attached hydrogens (tertiary/aromatic N) is 1. The van der Waals surface area contributed by atoms with Crippen LogP contribution in [0.3, 0.4) is 0 Å². The van der Waals surface area contributed by atoms with Gasteiger partial charge in [-0.05, 0) is 23.6 Å². The summed E-state index contributed by atoms with van der Waals surface area (Å²) in [6.45, 7) is 3.64. The van der Waals surface area contributed by atoms with Crippen LogP contribution in [0.1, 0.15) is 29.8 Å². The van der Waals surface area contributed by atoms with Crippen molar-refractivity contribution in [3.63, 3.8) is 0 Å². The van der Waals surface area contributed by atoms with E-state index >= 15 is 0 Å². The van der Waals surface area contributed by atoms with E-state index in [9.17, 15) is 18.0 Å². The maximum absolute atomic E-state index is 12.4. The number of sulfonamides is 1. The fourth-order valence-corrected chi connectivity index (χ4v) is 2.68. The van der Waals surface area contributed by atoms with Crippen LogP contribution in [-0.2, 0) is 20.6 Å². The van der Waals surface area contributed by atoms with Crippen molar-refractivity contribution in [3.05, 3.63) is 35.4 Å². The highest BCUT2D eigenvalue weighted by molar-refractivity contribution is 7.88. The number of aliphatic carboxylic acids is 1. The van der Waals surface area contributed by atoms with Gasteiger partial charge in [0.25, 0.3) is 5.91 Å². The third-order valence-electron chi connectivity index (χ3n) is 2.74. The molecule has 8 heteroatoms. The summed E-state index contributed by atoms with van der Waals surface area (Å²) < 4.78 is 22.2. The second-order valence-corrected chi connectivity index (χ2v) is 7.10. The summed E-state index contributed by atoms with van der Waals surface area (Å²) >= 11 is 0. The topological polar surface area (TPSA) is 118 Å². The average molecular weight is 328 g/mol. The lowest BCUT2D eigenvalue weighted by Crippen LogP contribution is -2.38. The van der Waals surface area contributed by atoms with Gasteiger partial charge in [0.05, 0.1) is 5.75 Å². The van der Waals surface area contributed by atoms with E-state index < -0.39 is 28.4 Å². The SMILES string of the molecule is CC(C)CN(CC(=O)O)C(=O)c1cccc(CS(N)(=O)=O)c1. The second kappa shape index (κ2) is 7.37. The van der Waals surface area contributed by atoms with E-state index in [0.717, 1.165) is 0 Å². The molecule has 0 aliphatic heterocycles. The number of amides is 1. The third-order valence-corrected chi connectivity index (χ3v) is 3.48. The van der Waals surface area contributed by atoms with Gasteiger partial charge in [0, 0.05) is 12.1 Å². The number of carboxylic acids is 1. The molecule has 1 amide bonds. The van der Waals surface area contributed by atoms with E-state index in [1.807, 2.05) is 13.8 Å². The minimum Gasteiger partial charge on any atom is -0.480 e. The highest BCUT2D eigenvalue weighted by atomic mass is 32.2. The van der Waals surface area contributed by atoms with E-state index in [-0.39, 0.29) is 17.2 Å². The summed E-state index contributed by atoms with van der Waals surface area (Å²) in [5.74, 6) is -1.82. The summed E-state index contributed by atoms with van der Waals surface area (Å²) in [5, 5.41) is 13.9. The lowest BCUT2D eigenvalue weighted by atomic mass is 10.1. The zero-order chi connectivity index (χ0) is 16.9. The molecule has 0 bridgehead atoms. The van der Waals surface area contributed by atoms with Crippen molar-refractivity contribution in [3.8, 4) is 0 Å². The Bertz CT molecular complexity index is 655. The number of hydrogen-bond acceptors (Lipinski definition) is 4. The molecule has 22 heavy (non-hydrogen) atoms. The van der Waals surface area contributed by atoms with Gasteiger partial charge in [0.1, 0.15) is 6.54 Å². The largest absolute Gasteiger partial charge is 0.480 e. The molecule has 0 saturated carbocycles. The lowest BCUT2D eigenvalue weighted by Gasteiger charge is -2.23. The normalized spacial score (nSPS) is 11.5. The van der Waals surface area contributed by atoms with Crippen molar-refractivity contribution in [1.82, 2.24) is 4.90 Å². The Kier molecular flexibility index (Phi) is 6.07. The number of rotatable bonds is 7. The zero-order valence-corrected chi connectivity index (χ0v) is 13.3. The first kappa shape index (κ1) is 18.1. The van der Waals surface area contributed by atoms with Gasteiger partial charge in [0.15, 0.2) is 0 Å². The van der Waals surface area contributed by atoms with Gasteiger partial charge in [-0.25, -0.2) is 13.6 Å². The number of benzene rings is 1. The zero-order valence-electron chi connectivity index (χ0n) is 12.5. The van der Waals surface area contributed by atoms with Crippen LogP contribution < -0.4 is 5.14 Å². The average Bonchev–Trinajstić information content (AvgIpc) is 2.34. The Morgan fingerprint density at radius 1 is 1.32 bits per heavy atom. The van der Waals surface area contributed by atoms with Gasteiger partial charge in [0.2, 0.25) is 10.0 Å². The Balaban J connectivity index is 3.03. The van der Waals surface area contributed by atoms with Crippen molar-refractivity contribution in [2.75, 3.05) is 13.1 Å². The Hall–Kier alpha value is -1.93. The van der Waals surface area contributed by atoms with Gasteiger partial charge in [-0.15, -0.1) is 0 Å². The van der Waals surface area contributed by atoms with Crippen molar-refractivity contribution in [1.29, 1.82) is 0 Å². The maximum atomic E-state index is 12.4. The highest BCUT2D eigenvalue weighted by Gasteiger charge is 2.20. The molecule has 1 aromatic rings. The van der Waals surface area contributed by atoms with Crippen LogP contribution >= 0.6 is 0 Å². The molecule has 0 spiro atoms. The third kappa shape index (κ3) is 6.23. The molecule has 0 aromatic heterocycles. The molecule has 0 fully saturated rings. The quantitative estimate of drug-likeness (QED) is 0.762. The van der Waals surface area contributed by atoms with Gasteiger partial charge < -0.3 is 10.0 Å². The van der Waals surface area contributed by atoms with Crippen LogP contribution in [0.4, 0.5) is 0 Å². The van der Waals surface area contributed by atoms with E-state index in [1.54, 1.807) is 12.1 Å². The molecule has 0 heterocycles. The maximum Gasteiger partial charge on any atom is 0.323 e. The smallest absolute Gasteiger partial charge is 0.323 e. The summed E-state index contributed by atoms with van der Waals surface area (Å²) in [6, 6.07) is 6.03. The molecule has 0 radical (unpaired) electrons. The molecule has 0 unspecified atom stereocenters. The molecule has 0 aliphatic carbocycles. The predicted molar refractivity (Wildman–Crippen MR) is 81.6 cm³/mol. The molecule has 0 saturated heterocycles. The monoisotopic (exact) mass is 328 g/mol. The first-order valence-electron chi connectivity index (χ1n) is 6.69. The molecule has 122 valence electrons.